The summed E-state index contributed by atoms with van der Waals surface area (Å²) in [6, 6.07) is 4.11. The normalized spacial score (nSPS) is 13.2. The molecule has 21 heavy (non-hydrogen) atoms. The first-order chi connectivity index (χ1) is 9.75. The van der Waals surface area contributed by atoms with Crippen molar-refractivity contribution in [2.45, 2.75) is 20.0 Å². The lowest BCUT2D eigenvalue weighted by molar-refractivity contribution is -0.139. The molecule has 1 N–H and O–H groups in total. The summed E-state index contributed by atoms with van der Waals surface area (Å²) in [7, 11) is 0. The minimum Gasteiger partial charge on any atom is -0.510 e. The van der Waals surface area contributed by atoms with Crippen LogP contribution in [0.2, 0.25) is 0 Å². The molecule has 0 atom stereocenters. The Hall–Kier alpha value is -2.38. The molecular formula is C13H13F3N2O3. The van der Waals surface area contributed by atoms with E-state index in [1.165, 1.54) is 13.0 Å². The molecule has 0 aromatic heterocycles. The molecule has 8 heteroatoms. The Morgan fingerprint density at radius 3 is 2.57 bits per heavy atom. The molecule has 5 nitrogen and oxygen atoms in total. The van der Waals surface area contributed by atoms with Gasteiger partial charge in [0, 0.05) is 0 Å². The molecule has 0 saturated carbocycles. The molecule has 1 aromatic carbocycles. The van der Waals surface area contributed by atoms with E-state index in [0.29, 0.717) is 0 Å². The number of azo groups is 1. The number of allylic oxidation sites excluding steroid dienone is 1. The van der Waals surface area contributed by atoms with Crippen molar-refractivity contribution in [2.24, 2.45) is 10.2 Å². The Kier molecular flexibility index (Phi) is 5.45. The van der Waals surface area contributed by atoms with Gasteiger partial charge in [0.05, 0.1) is 17.9 Å². The number of nitrogens with zero attached hydrogens (tertiary/aromatic N) is 2. The number of carbonyl (C=O) groups is 1. The average molecular weight is 302 g/mol. The van der Waals surface area contributed by atoms with Crippen LogP contribution in [-0.2, 0) is 15.7 Å². The maximum Gasteiger partial charge on any atom is 0.416 e. The molecule has 0 aliphatic rings. The molecule has 0 amide bonds. The Morgan fingerprint density at radius 1 is 1.38 bits per heavy atom. The number of alkyl halides is 3. The summed E-state index contributed by atoms with van der Waals surface area (Å²) < 4.78 is 42.2. The minimum absolute atomic E-state index is 0.0642. The van der Waals surface area contributed by atoms with Gasteiger partial charge < -0.3 is 9.84 Å². The van der Waals surface area contributed by atoms with Crippen molar-refractivity contribution in [3.63, 3.8) is 0 Å². The van der Waals surface area contributed by atoms with Gasteiger partial charge in [-0.1, -0.05) is 6.07 Å². The predicted molar refractivity (Wildman–Crippen MR) is 67.9 cm³/mol. The zero-order chi connectivity index (χ0) is 16.0. The number of halogens is 3. The number of carbonyl (C=O) groups excluding carboxylic acids is 1. The second-order valence-corrected chi connectivity index (χ2v) is 3.90. The van der Waals surface area contributed by atoms with Gasteiger partial charge in [-0.15, -0.1) is 5.11 Å². The molecule has 0 saturated heterocycles. The fourth-order valence-electron chi connectivity index (χ4n) is 1.31. The predicted octanol–water partition coefficient (Wildman–Crippen LogP) is 4.14. The third-order valence-corrected chi connectivity index (χ3v) is 2.25. The summed E-state index contributed by atoms with van der Waals surface area (Å²) in [4.78, 5) is 11.5. The largest absolute Gasteiger partial charge is 0.510 e. The van der Waals surface area contributed by atoms with Gasteiger partial charge in [-0.3, -0.25) is 0 Å². The second kappa shape index (κ2) is 6.87. The summed E-state index contributed by atoms with van der Waals surface area (Å²) in [6.07, 6.45) is -4.50. The van der Waals surface area contributed by atoms with E-state index in [1.807, 2.05) is 0 Å². The van der Waals surface area contributed by atoms with Crippen molar-refractivity contribution >= 4 is 11.7 Å². The van der Waals surface area contributed by atoms with Crippen LogP contribution < -0.4 is 0 Å². The molecule has 0 heterocycles. The van der Waals surface area contributed by atoms with E-state index in [0.717, 1.165) is 18.2 Å². The zero-order valence-corrected chi connectivity index (χ0v) is 11.3. The van der Waals surface area contributed by atoms with Gasteiger partial charge >= 0.3 is 12.1 Å². The van der Waals surface area contributed by atoms with Gasteiger partial charge in [0.15, 0.2) is 0 Å². The standard InChI is InChI=1S/C13H13F3N2O3/c1-3-21-12(20)11(8(2)19)18-17-10-6-4-5-9(7-10)13(14,15)16/h4-7,19H,3H2,1-2H3. The van der Waals surface area contributed by atoms with Crippen LogP contribution in [0.25, 0.3) is 0 Å². The van der Waals surface area contributed by atoms with Crippen LogP contribution in [0, 0.1) is 0 Å². The molecule has 0 spiro atoms. The number of aliphatic hydroxyl groups excluding tert-OH is 1. The van der Waals surface area contributed by atoms with Crippen molar-refractivity contribution in [1.82, 2.24) is 0 Å². The number of hydrogen-bond acceptors (Lipinski definition) is 5. The van der Waals surface area contributed by atoms with Gasteiger partial charge in [0.2, 0.25) is 5.70 Å². The Balaban J connectivity index is 3.04. The Morgan fingerprint density at radius 2 is 2.05 bits per heavy atom. The number of rotatable bonds is 4. The number of aliphatic hydroxyl groups is 1. The van der Waals surface area contributed by atoms with E-state index < -0.39 is 29.2 Å². The van der Waals surface area contributed by atoms with Gasteiger partial charge in [-0.2, -0.15) is 18.3 Å². The quantitative estimate of drug-likeness (QED) is 0.393. The highest BCUT2D eigenvalue weighted by Gasteiger charge is 2.30. The summed E-state index contributed by atoms with van der Waals surface area (Å²) in [5, 5.41) is 16.3. The number of benzene rings is 1. The third-order valence-electron chi connectivity index (χ3n) is 2.25. The molecule has 0 bridgehead atoms. The lowest BCUT2D eigenvalue weighted by Gasteiger charge is -2.06. The highest BCUT2D eigenvalue weighted by atomic mass is 19.4. The average Bonchev–Trinajstić information content (AvgIpc) is 2.38. The van der Waals surface area contributed by atoms with Crippen LogP contribution in [0.15, 0.2) is 46.0 Å². The molecule has 0 radical (unpaired) electrons. The third kappa shape index (κ3) is 4.90. The molecule has 1 rings (SSSR count). The van der Waals surface area contributed by atoms with Crippen molar-refractivity contribution in [3.8, 4) is 0 Å². The van der Waals surface area contributed by atoms with Gasteiger partial charge in [-0.25, -0.2) is 4.79 Å². The van der Waals surface area contributed by atoms with E-state index in [1.54, 1.807) is 6.92 Å². The maximum absolute atomic E-state index is 12.5. The Bertz CT molecular complexity index is 576. The smallest absolute Gasteiger partial charge is 0.416 e. The first kappa shape index (κ1) is 16.7. The molecule has 114 valence electrons. The highest BCUT2D eigenvalue weighted by molar-refractivity contribution is 5.88. The second-order valence-electron chi connectivity index (χ2n) is 3.90. The fraction of sp³-hybridized carbons (Fsp3) is 0.308. The van der Waals surface area contributed by atoms with Crippen molar-refractivity contribution in [3.05, 3.63) is 41.3 Å². The van der Waals surface area contributed by atoms with Crippen LogP contribution in [0.5, 0.6) is 0 Å². The van der Waals surface area contributed by atoms with Crippen molar-refractivity contribution in [1.29, 1.82) is 0 Å². The Labute approximate surface area is 118 Å². The van der Waals surface area contributed by atoms with Crippen LogP contribution >= 0.6 is 0 Å². The van der Waals surface area contributed by atoms with Crippen LogP contribution in [0.4, 0.5) is 18.9 Å². The van der Waals surface area contributed by atoms with Gasteiger partial charge in [0.1, 0.15) is 5.76 Å². The van der Waals surface area contributed by atoms with E-state index in [9.17, 15) is 23.1 Å². The first-order valence-electron chi connectivity index (χ1n) is 5.91. The van der Waals surface area contributed by atoms with Gasteiger partial charge in [-0.05, 0) is 32.0 Å². The van der Waals surface area contributed by atoms with Crippen LogP contribution in [0.1, 0.15) is 19.4 Å². The van der Waals surface area contributed by atoms with E-state index in [2.05, 4.69) is 15.0 Å². The number of hydrogen-bond donors (Lipinski definition) is 1. The molecule has 0 aliphatic carbocycles. The summed E-state index contributed by atoms with van der Waals surface area (Å²) in [5.41, 5.74) is -1.46. The molecule has 0 unspecified atom stereocenters. The zero-order valence-electron chi connectivity index (χ0n) is 11.3. The topological polar surface area (TPSA) is 71.2 Å². The minimum atomic E-state index is -4.50. The SMILES string of the molecule is CCOC(=O)C(N=Nc1cccc(C(F)(F)F)c1)=C(C)O. The monoisotopic (exact) mass is 302 g/mol. The molecule has 1 aromatic rings. The molecular weight excluding hydrogens is 289 g/mol. The first-order valence-corrected chi connectivity index (χ1v) is 5.91. The van der Waals surface area contributed by atoms with Crippen LogP contribution in [0.3, 0.4) is 0 Å². The summed E-state index contributed by atoms with van der Waals surface area (Å²) in [5.74, 6) is -1.35. The maximum atomic E-state index is 12.5. The fourth-order valence-corrected chi connectivity index (χ4v) is 1.31. The summed E-state index contributed by atoms with van der Waals surface area (Å²) in [6.45, 7) is 2.82. The van der Waals surface area contributed by atoms with E-state index in [-0.39, 0.29) is 12.3 Å². The van der Waals surface area contributed by atoms with E-state index in [4.69, 9.17) is 0 Å². The summed E-state index contributed by atoms with van der Waals surface area (Å²) >= 11 is 0. The molecule has 0 aliphatic heterocycles. The van der Waals surface area contributed by atoms with Gasteiger partial charge in [0.25, 0.3) is 0 Å². The lowest BCUT2D eigenvalue weighted by atomic mass is 10.2. The van der Waals surface area contributed by atoms with Crippen LogP contribution in [-0.4, -0.2) is 17.7 Å². The lowest BCUT2D eigenvalue weighted by Crippen LogP contribution is -2.07. The van der Waals surface area contributed by atoms with Crippen molar-refractivity contribution < 1.29 is 27.8 Å². The van der Waals surface area contributed by atoms with Crippen molar-refractivity contribution in [2.75, 3.05) is 6.61 Å². The van der Waals surface area contributed by atoms with E-state index >= 15 is 0 Å². The number of ether oxygens (including phenoxy) is 1. The number of esters is 1. The molecule has 0 fully saturated rings. The highest BCUT2D eigenvalue weighted by Crippen LogP contribution is 2.31.